The molecule has 1 aliphatic carbocycles. The summed E-state index contributed by atoms with van der Waals surface area (Å²) in [5, 5.41) is 28.6. The molecule has 0 aliphatic heterocycles. The first-order chi connectivity index (χ1) is 16.1. The van der Waals surface area contributed by atoms with Crippen molar-refractivity contribution >= 4 is 17.3 Å². The van der Waals surface area contributed by atoms with Gasteiger partial charge in [0.15, 0.2) is 0 Å². The fraction of sp³-hybridized carbons (Fsp3) is 0.269. The topological polar surface area (TPSA) is 79.1 Å². The first kappa shape index (κ1) is 21.3. The van der Waals surface area contributed by atoms with Crippen LogP contribution in [0, 0.1) is 30.6 Å². The van der Waals surface area contributed by atoms with Crippen molar-refractivity contribution in [2.75, 3.05) is 0 Å². The molecule has 5 rings (SSSR count). The van der Waals surface area contributed by atoms with Gasteiger partial charge >= 0.3 is 0 Å². The van der Waals surface area contributed by atoms with Crippen LogP contribution in [0.4, 0.5) is 0 Å². The molecule has 0 bridgehead atoms. The fourth-order valence-corrected chi connectivity index (χ4v) is 5.67. The number of nitrogens with zero attached hydrogens (tertiary/aromatic N) is 5. The van der Waals surface area contributed by atoms with E-state index in [4.69, 9.17) is 11.5 Å². The van der Waals surface area contributed by atoms with E-state index in [9.17, 15) is 10.4 Å². The standard InChI is InChI=1S/C26H23N5OS/c1-3-18-6-4-5-7-24(18)33-25-12-19(16-30-26(25)20(13-27)14-28-30)23-15-29-31(17(23)2)21-8-10-22(32)11-9-21/h1,4-7,12,14-16,21-22,32H,8-11H2,2H3. The van der Waals surface area contributed by atoms with Crippen molar-refractivity contribution in [2.24, 2.45) is 0 Å². The second kappa shape index (κ2) is 8.78. The van der Waals surface area contributed by atoms with Crippen molar-refractivity contribution in [2.45, 2.75) is 54.5 Å². The highest BCUT2D eigenvalue weighted by Crippen LogP contribution is 2.38. The van der Waals surface area contributed by atoms with Gasteiger partial charge in [-0.2, -0.15) is 15.5 Å². The zero-order chi connectivity index (χ0) is 22.9. The Labute approximate surface area is 196 Å². The normalized spacial score (nSPS) is 18.2. The Hall–Kier alpha value is -3.52. The number of hydrogen-bond acceptors (Lipinski definition) is 5. The van der Waals surface area contributed by atoms with Gasteiger partial charge in [-0.05, 0) is 50.8 Å². The third kappa shape index (κ3) is 3.91. The summed E-state index contributed by atoms with van der Waals surface area (Å²) >= 11 is 1.54. The van der Waals surface area contributed by atoms with E-state index in [1.165, 1.54) is 0 Å². The molecular formula is C26H23N5OS. The van der Waals surface area contributed by atoms with E-state index >= 15 is 0 Å². The van der Waals surface area contributed by atoms with E-state index in [-0.39, 0.29) is 6.10 Å². The molecule has 33 heavy (non-hydrogen) atoms. The molecule has 1 aromatic carbocycles. The van der Waals surface area contributed by atoms with Crippen LogP contribution in [0.1, 0.15) is 48.5 Å². The van der Waals surface area contributed by atoms with Crippen molar-refractivity contribution in [3.63, 3.8) is 0 Å². The van der Waals surface area contributed by atoms with Gasteiger partial charge in [0.05, 0.1) is 35.6 Å². The van der Waals surface area contributed by atoms with Crippen LogP contribution < -0.4 is 0 Å². The van der Waals surface area contributed by atoms with E-state index in [2.05, 4.69) is 34.8 Å². The maximum Gasteiger partial charge on any atom is 0.103 e. The minimum atomic E-state index is -0.196. The summed E-state index contributed by atoms with van der Waals surface area (Å²) in [5.74, 6) is 2.75. The van der Waals surface area contributed by atoms with Crippen LogP contribution in [-0.4, -0.2) is 30.6 Å². The molecule has 1 N–H and O–H groups in total. The molecule has 7 heteroatoms. The smallest absolute Gasteiger partial charge is 0.103 e. The van der Waals surface area contributed by atoms with Gasteiger partial charge in [0.1, 0.15) is 6.07 Å². The van der Waals surface area contributed by atoms with Crippen molar-refractivity contribution in [1.29, 1.82) is 5.26 Å². The summed E-state index contributed by atoms with van der Waals surface area (Å²) in [6.45, 7) is 2.09. The van der Waals surface area contributed by atoms with Crippen LogP contribution in [-0.2, 0) is 0 Å². The van der Waals surface area contributed by atoms with E-state index < -0.39 is 0 Å². The van der Waals surface area contributed by atoms with Gasteiger partial charge in [-0.15, -0.1) is 6.42 Å². The Morgan fingerprint density at radius 3 is 2.64 bits per heavy atom. The van der Waals surface area contributed by atoms with E-state index in [0.29, 0.717) is 11.6 Å². The van der Waals surface area contributed by atoms with Crippen molar-refractivity contribution < 1.29 is 5.11 Å². The SMILES string of the molecule is C#Cc1ccccc1Sc1cc(-c2cnn(C3CCC(O)CC3)c2C)cn2ncc(C#N)c12. The highest BCUT2D eigenvalue weighted by molar-refractivity contribution is 7.99. The second-order valence-corrected chi connectivity index (χ2v) is 9.43. The third-order valence-electron chi connectivity index (χ3n) is 6.33. The third-order valence-corrected chi connectivity index (χ3v) is 7.43. The molecule has 1 fully saturated rings. The number of aliphatic hydroxyl groups is 1. The largest absolute Gasteiger partial charge is 0.393 e. The first-order valence-corrected chi connectivity index (χ1v) is 11.8. The number of benzene rings is 1. The molecule has 0 unspecified atom stereocenters. The lowest BCUT2D eigenvalue weighted by atomic mass is 9.93. The molecule has 0 amide bonds. The highest BCUT2D eigenvalue weighted by atomic mass is 32.2. The summed E-state index contributed by atoms with van der Waals surface area (Å²) in [4.78, 5) is 1.87. The minimum Gasteiger partial charge on any atom is -0.393 e. The number of hydrogen-bond donors (Lipinski definition) is 1. The van der Waals surface area contributed by atoms with Crippen LogP contribution >= 0.6 is 11.8 Å². The monoisotopic (exact) mass is 453 g/mol. The molecule has 3 aromatic heterocycles. The average Bonchev–Trinajstić information content (AvgIpc) is 3.43. The number of nitriles is 1. The lowest BCUT2D eigenvalue weighted by molar-refractivity contribution is 0.107. The van der Waals surface area contributed by atoms with Crippen LogP contribution in [0.3, 0.4) is 0 Å². The maximum absolute atomic E-state index is 9.86. The van der Waals surface area contributed by atoms with E-state index in [0.717, 1.165) is 63.4 Å². The molecule has 1 aliphatic rings. The van der Waals surface area contributed by atoms with Crippen LogP contribution in [0.25, 0.3) is 16.6 Å². The molecule has 0 saturated heterocycles. The van der Waals surface area contributed by atoms with Gasteiger partial charge in [0.2, 0.25) is 0 Å². The van der Waals surface area contributed by atoms with Gasteiger partial charge in [-0.1, -0.05) is 29.8 Å². The molecule has 0 atom stereocenters. The van der Waals surface area contributed by atoms with Crippen molar-refractivity contribution in [3.05, 3.63) is 65.7 Å². The first-order valence-electron chi connectivity index (χ1n) is 11.0. The molecule has 3 heterocycles. The summed E-state index contributed by atoms with van der Waals surface area (Å²) < 4.78 is 3.86. The molecule has 1 saturated carbocycles. The number of rotatable bonds is 4. The number of aromatic nitrogens is 4. The lowest BCUT2D eigenvalue weighted by Crippen LogP contribution is -2.22. The summed E-state index contributed by atoms with van der Waals surface area (Å²) in [6, 6.07) is 12.4. The van der Waals surface area contributed by atoms with Gasteiger partial charge in [0.25, 0.3) is 0 Å². The zero-order valence-electron chi connectivity index (χ0n) is 18.3. The predicted octanol–water partition coefficient (Wildman–Crippen LogP) is 4.99. The van der Waals surface area contributed by atoms with Gasteiger partial charge in [-0.3, -0.25) is 4.68 Å². The number of fused-ring (bicyclic) bond motifs is 1. The maximum atomic E-state index is 9.86. The van der Waals surface area contributed by atoms with Crippen molar-refractivity contribution in [3.8, 4) is 29.5 Å². The number of aliphatic hydroxyl groups excluding tert-OH is 1. The molecule has 4 aromatic rings. The summed E-state index contributed by atoms with van der Waals surface area (Å²) in [7, 11) is 0. The molecule has 0 radical (unpaired) electrons. The minimum absolute atomic E-state index is 0.196. The van der Waals surface area contributed by atoms with Crippen LogP contribution in [0.15, 0.2) is 58.7 Å². The van der Waals surface area contributed by atoms with Crippen molar-refractivity contribution in [1.82, 2.24) is 19.4 Å². The molecular weight excluding hydrogens is 430 g/mol. The summed E-state index contributed by atoms with van der Waals surface area (Å²) in [6.07, 6.45) is 14.4. The second-order valence-electron chi connectivity index (χ2n) is 8.35. The Morgan fingerprint density at radius 1 is 1.09 bits per heavy atom. The number of pyridine rings is 1. The molecule has 164 valence electrons. The Kier molecular flexibility index (Phi) is 5.68. The van der Waals surface area contributed by atoms with Gasteiger partial charge in [0, 0.05) is 38.4 Å². The molecule has 6 nitrogen and oxygen atoms in total. The lowest BCUT2D eigenvalue weighted by Gasteiger charge is -2.26. The van der Waals surface area contributed by atoms with Crippen LogP contribution in [0.5, 0.6) is 0 Å². The zero-order valence-corrected chi connectivity index (χ0v) is 19.1. The Bertz CT molecular complexity index is 1410. The Balaban J connectivity index is 1.60. The molecule has 0 spiro atoms. The quantitative estimate of drug-likeness (QED) is 0.441. The van der Waals surface area contributed by atoms with Crippen LogP contribution in [0.2, 0.25) is 0 Å². The highest BCUT2D eigenvalue weighted by Gasteiger charge is 2.24. The average molecular weight is 454 g/mol. The van der Waals surface area contributed by atoms with Gasteiger partial charge < -0.3 is 5.11 Å². The van der Waals surface area contributed by atoms with Gasteiger partial charge in [-0.25, -0.2) is 4.52 Å². The van der Waals surface area contributed by atoms with E-state index in [1.807, 2.05) is 36.7 Å². The fourth-order valence-electron chi connectivity index (χ4n) is 4.56. The Morgan fingerprint density at radius 2 is 1.88 bits per heavy atom. The van der Waals surface area contributed by atoms with E-state index in [1.54, 1.807) is 22.5 Å². The predicted molar refractivity (Wildman–Crippen MR) is 128 cm³/mol. The summed E-state index contributed by atoms with van der Waals surface area (Å²) in [5.41, 5.74) is 5.20. The number of terminal acetylenes is 1.